The lowest BCUT2D eigenvalue weighted by atomic mass is 10.2. The third-order valence-electron chi connectivity index (χ3n) is 4.95. The number of phenols is 1. The number of rotatable bonds is 5. The monoisotopic (exact) mass is 362 g/mol. The first-order valence-electron chi connectivity index (χ1n) is 7.79. The molecule has 0 aromatic heterocycles. The van der Waals surface area contributed by atoms with Crippen LogP contribution >= 0.6 is 23.2 Å². The number of piperazine rings is 1. The van der Waals surface area contributed by atoms with Gasteiger partial charge in [-0.1, -0.05) is 12.1 Å². The first-order valence-corrected chi connectivity index (χ1v) is 8.86. The molecule has 1 aromatic carbocycles. The van der Waals surface area contributed by atoms with E-state index in [0.717, 1.165) is 24.8 Å². The van der Waals surface area contributed by atoms with Gasteiger partial charge in [-0.3, -0.25) is 8.97 Å². The highest BCUT2D eigenvalue weighted by atomic mass is 35.5. The molecular formula is C16H24Cl2N2O3+2. The summed E-state index contributed by atoms with van der Waals surface area (Å²) in [5.41, 5.74) is -0.0671. The number of aromatic hydroxyl groups is 1. The van der Waals surface area contributed by atoms with Crippen LogP contribution in [0, 0.1) is 0 Å². The minimum absolute atomic E-state index is 0.0671. The molecule has 0 atom stereocenters. The molecule has 128 valence electrons. The van der Waals surface area contributed by atoms with Crippen LogP contribution in [-0.4, -0.2) is 82.8 Å². The van der Waals surface area contributed by atoms with Crippen LogP contribution in [0.2, 0.25) is 0 Å². The van der Waals surface area contributed by atoms with Crippen molar-refractivity contribution in [2.75, 3.05) is 57.7 Å². The Kier molecular flexibility index (Phi) is 6.14. The van der Waals surface area contributed by atoms with E-state index in [1.807, 2.05) is 0 Å². The van der Waals surface area contributed by atoms with E-state index < -0.39 is 5.97 Å². The van der Waals surface area contributed by atoms with Crippen LogP contribution in [-0.2, 0) is 0 Å². The van der Waals surface area contributed by atoms with Crippen molar-refractivity contribution >= 4 is 29.2 Å². The molecule has 2 fully saturated rings. The molecule has 0 amide bonds. The zero-order chi connectivity index (χ0) is 16.9. The smallest absolute Gasteiger partial charge is 0.339 e. The molecular weight excluding hydrogens is 339 g/mol. The van der Waals surface area contributed by atoms with Crippen molar-refractivity contribution in [2.24, 2.45) is 0 Å². The summed E-state index contributed by atoms with van der Waals surface area (Å²) >= 11 is 11.7. The van der Waals surface area contributed by atoms with Crippen LogP contribution < -0.4 is 0 Å². The highest BCUT2D eigenvalue weighted by molar-refractivity contribution is 6.18. The topological polar surface area (TPSA) is 57.5 Å². The number of nitrogens with zero attached hydrogens (tertiary/aromatic N) is 2. The van der Waals surface area contributed by atoms with Crippen molar-refractivity contribution < 1.29 is 24.0 Å². The second-order valence-corrected chi connectivity index (χ2v) is 7.12. The van der Waals surface area contributed by atoms with Crippen LogP contribution in [0.1, 0.15) is 10.4 Å². The van der Waals surface area contributed by atoms with Crippen molar-refractivity contribution in [3.8, 4) is 5.75 Å². The SMILES string of the molecule is ClCC[N+]12CC[N+](CCCl)(CC1)C2.O=C(O)c1ccccc1O. The quantitative estimate of drug-likeness (QED) is 0.623. The average molecular weight is 363 g/mol. The first-order chi connectivity index (χ1) is 11.0. The summed E-state index contributed by atoms with van der Waals surface area (Å²) in [5.74, 6) is 0.301. The molecule has 3 rings (SSSR count). The van der Waals surface area contributed by atoms with Gasteiger partial charge >= 0.3 is 5.97 Å². The summed E-state index contributed by atoms with van der Waals surface area (Å²) in [5, 5.41) is 17.3. The van der Waals surface area contributed by atoms with Gasteiger partial charge in [0.15, 0.2) is 0 Å². The lowest BCUT2D eigenvalue weighted by Gasteiger charge is -2.26. The fourth-order valence-electron chi connectivity index (χ4n) is 3.59. The normalized spacial score (nSPS) is 28.3. The van der Waals surface area contributed by atoms with E-state index in [2.05, 4.69) is 0 Å². The Morgan fingerprint density at radius 3 is 1.83 bits per heavy atom. The molecule has 2 aliphatic heterocycles. The van der Waals surface area contributed by atoms with E-state index in [9.17, 15) is 4.79 Å². The van der Waals surface area contributed by atoms with Gasteiger partial charge in [-0.25, -0.2) is 4.79 Å². The van der Waals surface area contributed by atoms with Crippen LogP contribution in [0.4, 0.5) is 0 Å². The molecule has 23 heavy (non-hydrogen) atoms. The molecule has 2 aliphatic rings. The van der Waals surface area contributed by atoms with E-state index in [0.29, 0.717) is 0 Å². The molecule has 2 heterocycles. The summed E-state index contributed by atoms with van der Waals surface area (Å²) in [6.07, 6.45) is 0. The number of para-hydroxylation sites is 1. The van der Waals surface area contributed by atoms with Gasteiger partial charge in [-0.05, 0) is 12.1 Å². The van der Waals surface area contributed by atoms with E-state index in [4.69, 9.17) is 33.4 Å². The maximum absolute atomic E-state index is 10.3. The van der Waals surface area contributed by atoms with Crippen molar-refractivity contribution in [2.45, 2.75) is 0 Å². The van der Waals surface area contributed by atoms with Gasteiger partial charge in [0.25, 0.3) is 0 Å². The van der Waals surface area contributed by atoms with Crippen LogP contribution in [0.5, 0.6) is 5.75 Å². The number of alkyl halides is 2. The minimum atomic E-state index is -1.11. The van der Waals surface area contributed by atoms with Gasteiger partial charge in [-0.2, -0.15) is 0 Å². The predicted molar refractivity (Wildman–Crippen MR) is 91.1 cm³/mol. The number of halogens is 2. The number of fused-ring (bicyclic) bond motifs is 2. The Balaban J connectivity index is 0.000000174. The van der Waals surface area contributed by atoms with Gasteiger partial charge < -0.3 is 10.2 Å². The van der Waals surface area contributed by atoms with E-state index in [1.165, 1.54) is 53.9 Å². The summed E-state index contributed by atoms with van der Waals surface area (Å²) in [4.78, 5) is 10.3. The van der Waals surface area contributed by atoms with Gasteiger partial charge in [-0.15, -0.1) is 23.2 Å². The number of aromatic carboxylic acids is 1. The first kappa shape index (κ1) is 18.3. The summed E-state index contributed by atoms with van der Waals surface area (Å²) < 4.78 is 2.53. The molecule has 0 unspecified atom stereocenters. The van der Waals surface area contributed by atoms with Gasteiger partial charge in [0.2, 0.25) is 6.67 Å². The second kappa shape index (κ2) is 7.71. The Hall–Kier alpha value is -1.01. The number of carbonyl (C=O) groups is 1. The second-order valence-electron chi connectivity index (χ2n) is 6.37. The van der Waals surface area contributed by atoms with E-state index >= 15 is 0 Å². The van der Waals surface area contributed by atoms with Crippen LogP contribution in [0.25, 0.3) is 0 Å². The van der Waals surface area contributed by atoms with E-state index in [-0.39, 0.29) is 11.3 Å². The Morgan fingerprint density at radius 2 is 1.48 bits per heavy atom. The lowest BCUT2D eigenvalue weighted by molar-refractivity contribution is -0.985. The maximum atomic E-state index is 10.3. The van der Waals surface area contributed by atoms with Crippen LogP contribution in [0.15, 0.2) is 24.3 Å². The zero-order valence-corrected chi connectivity index (χ0v) is 14.6. The number of hydrogen-bond acceptors (Lipinski definition) is 2. The lowest BCUT2D eigenvalue weighted by Crippen LogP contribution is -2.48. The molecule has 1 aromatic rings. The third kappa shape index (κ3) is 4.29. The predicted octanol–water partition coefficient (Wildman–Crippen LogP) is 2.17. The largest absolute Gasteiger partial charge is 0.507 e. The maximum Gasteiger partial charge on any atom is 0.339 e. The average Bonchev–Trinajstić information content (AvgIpc) is 3.04. The van der Waals surface area contributed by atoms with Gasteiger partial charge in [0.05, 0.1) is 24.8 Å². The molecule has 2 N–H and O–H groups in total. The van der Waals surface area contributed by atoms with Crippen molar-refractivity contribution in [3.63, 3.8) is 0 Å². The van der Waals surface area contributed by atoms with Crippen LogP contribution in [0.3, 0.4) is 0 Å². The van der Waals surface area contributed by atoms with Gasteiger partial charge in [0.1, 0.15) is 37.5 Å². The van der Waals surface area contributed by atoms with Crippen molar-refractivity contribution in [1.29, 1.82) is 0 Å². The van der Waals surface area contributed by atoms with E-state index in [1.54, 1.807) is 12.1 Å². The molecule has 2 bridgehead atoms. The summed E-state index contributed by atoms with van der Waals surface area (Å²) in [7, 11) is 0. The van der Waals surface area contributed by atoms with Crippen molar-refractivity contribution in [1.82, 2.24) is 0 Å². The molecule has 0 spiro atoms. The molecule has 0 aliphatic carbocycles. The highest BCUT2D eigenvalue weighted by Gasteiger charge is 2.54. The number of benzene rings is 1. The molecule has 5 nitrogen and oxygen atoms in total. The molecule has 0 saturated carbocycles. The zero-order valence-electron chi connectivity index (χ0n) is 13.1. The number of hydrogen-bond donors (Lipinski definition) is 2. The number of carboxylic acid groups (broad SMARTS) is 1. The molecule has 0 radical (unpaired) electrons. The number of quaternary nitrogens is 2. The summed E-state index contributed by atoms with van der Waals surface area (Å²) in [6, 6.07) is 5.81. The highest BCUT2D eigenvalue weighted by Crippen LogP contribution is 2.31. The Morgan fingerprint density at radius 1 is 1.00 bits per heavy atom. The molecule has 7 heteroatoms. The standard InChI is InChI=1S/C9H18Cl2N2.C7H6O3/c10-1-3-12-5-7-13(9-12,4-2-11)8-6-12;8-6-4-2-1-3-5(6)7(9)10/h1-9H2;1-4,8H,(H,9,10)/q+2;. The molecule has 2 saturated heterocycles. The minimum Gasteiger partial charge on any atom is -0.507 e. The Bertz CT molecular complexity index is 526. The fourth-order valence-corrected chi connectivity index (χ4v) is 4.31. The van der Waals surface area contributed by atoms with Gasteiger partial charge in [0, 0.05) is 0 Å². The third-order valence-corrected chi connectivity index (χ3v) is 5.29. The van der Waals surface area contributed by atoms with Crippen molar-refractivity contribution in [3.05, 3.63) is 29.8 Å². The fraction of sp³-hybridized carbons (Fsp3) is 0.562. The number of carboxylic acids is 1. The summed E-state index contributed by atoms with van der Waals surface area (Å²) in [6.45, 7) is 8.90. The Labute approximate surface area is 146 Å².